The van der Waals surface area contributed by atoms with Crippen LogP contribution in [0.15, 0.2) is 66.7 Å². The van der Waals surface area contributed by atoms with Crippen molar-refractivity contribution in [3.63, 3.8) is 0 Å². The molecule has 2 heterocycles. The number of carboxylic acids is 1. The molecular formula is C29H27NO4. The number of ether oxygens (including phenoxy) is 2. The molecule has 1 saturated carbocycles. The summed E-state index contributed by atoms with van der Waals surface area (Å²) >= 11 is 0. The summed E-state index contributed by atoms with van der Waals surface area (Å²) in [6, 6.07) is 21.4. The van der Waals surface area contributed by atoms with E-state index >= 15 is 0 Å². The Morgan fingerprint density at radius 1 is 0.941 bits per heavy atom. The summed E-state index contributed by atoms with van der Waals surface area (Å²) in [5.41, 5.74) is 4.86. The number of hydrogen-bond donors (Lipinski definition) is 1. The molecule has 0 unspecified atom stereocenters. The second-order valence-electron chi connectivity index (χ2n) is 9.21. The predicted molar refractivity (Wildman–Crippen MR) is 132 cm³/mol. The zero-order chi connectivity index (χ0) is 23.1. The smallest absolute Gasteiger partial charge is 0.335 e. The Balaban J connectivity index is 1.53. The molecule has 1 N–H and O–H groups in total. The van der Waals surface area contributed by atoms with Gasteiger partial charge < -0.3 is 19.1 Å². The number of para-hydroxylation sites is 1. The molecule has 0 bridgehead atoms. The minimum Gasteiger partial charge on any atom is -0.491 e. The lowest BCUT2D eigenvalue weighted by molar-refractivity contribution is 0.0697. The third kappa shape index (κ3) is 3.61. The van der Waals surface area contributed by atoms with Gasteiger partial charge in [0.2, 0.25) is 0 Å². The molecule has 1 aliphatic carbocycles. The number of aromatic carboxylic acids is 1. The van der Waals surface area contributed by atoms with E-state index in [4.69, 9.17) is 9.47 Å². The molecule has 4 aromatic rings. The van der Waals surface area contributed by atoms with Crippen molar-refractivity contribution in [1.29, 1.82) is 0 Å². The van der Waals surface area contributed by atoms with Crippen LogP contribution in [0.25, 0.3) is 22.2 Å². The van der Waals surface area contributed by atoms with Crippen molar-refractivity contribution in [2.24, 2.45) is 0 Å². The highest BCUT2D eigenvalue weighted by atomic mass is 16.5. The van der Waals surface area contributed by atoms with Crippen LogP contribution in [-0.4, -0.2) is 22.2 Å². The van der Waals surface area contributed by atoms with Crippen LogP contribution in [0.4, 0.5) is 0 Å². The third-order valence-electron chi connectivity index (χ3n) is 7.12. The van der Waals surface area contributed by atoms with Crippen LogP contribution in [-0.2, 0) is 6.54 Å². The van der Waals surface area contributed by atoms with E-state index in [1.54, 1.807) is 6.07 Å². The fraction of sp³-hybridized carbons (Fsp3) is 0.276. The van der Waals surface area contributed by atoms with E-state index in [1.165, 1.54) is 35.9 Å². The van der Waals surface area contributed by atoms with Gasteiger partial charge in [-0.15, -0.1) is 0 Å². The normalized spacial score (nSPS) is 15.8. The number of carboxylic acid groups (broad SMARTS) is 1. The number of fused-ring (bicyclic) bond motifs is 5. The summed E-state index contributed by atoms with van der Waals surface area (Å²) in [6.07, 6.45) is 6.08. The highest BCUT2D eigenvalue weighted by molar-refractivity contribution is 5.98. The first-order chi connectivity index (χ1) is 16.7. The Kier molecular flexibility index (Phi) is 5.25. The van der Waals surface area contributed by atoms with Gasteiger partial charge in [-0.1, -0.05) is 43.5 Å². The van der Waals surface area contributed by atoms with Crippen LogP contribution in [0.1, 0.15) is 53.9 Å². The topological polar surface area (TPSA) is 60.7 Å². The standard InChI is InChI=1S/C29H27NO4/c31-29(32)20-11-13-23-25(17-20)30-15-16-33-26-18-22(34-21-9-5-2-6-10-21)12-14-24(26)28(30)27(23)19-7-3-1-4-8-19/h2,5-6,9-14,17-19H,1,3-4,7-8,15-16H2,(H,31,32). The number of hydrogen-bond acceptors (Lipinski definition) is 3. The molecule has 5 nitrogen and oxygen atoms in total. The average molecular weight is 454 g/mol. The summed E-state index contributed by atoms with van der Waals surface area (Å²) in [6.45, 7) is 1.19. The molecule has 6 rings (SSSR count). The van der Waals surface area contributed by atoms with E-state index < -0.39 is 5.97 Å². The molecule has 172 valence electrons. The van der Waals surface area contributed by atoms with Crippen molar-refractivity contribution in [2.45, 2.75) is 44.6 Å². The van der Waals surface area contributed by atoms with Crippen LogP contribution in [0.2, 0.25) is 0 Å². The van der Waals surface area contributed by atoms with Crippen LogP contribution < -0.4 is 9.47 Å². The molecule has 2 aliphatic rings. The van der Waals surface area contributed by atoms with Gasteiger partial charge in [0.1, 0.15) is 23.9 Å². The third-order valence-corrected chi connectivity index (χ3v) is 7.12. The zero-order valence-electron chi connectivity index (χ0n) is 19.0. The van der Waals surface area contributed by atoms with Crippen molar-refractivity contribution in [3.05, 3.63) is 77.9 Å². The summed E-state index contributed by atoms with van der Waals surface area (Å²) in [5, 5.41) is 10.8. The van der Waals surface area contributed by atoms with Crippen molar-refractivity contribution in [3.8, 4) is 28.5 Å². The number of nitrogens with zero attached hydrogens (tertiary/aromatic N) is 1. The van der Waals surface area contributed by atoms with Gasteiger partial charge in [-0.05, 0) is 60.7 Å². The lowest BCUT2D eigenvalue weighted by Gasteiger charge is -2.23. The highest BCUT2D eigenvalue weighted by Crippen LogP contribution is 2.48. The Bertz CT molecular complexity index is 1370. The second-order valence-corrected chi connectivity index (χ2v) is 9.21. The number of benzene rings is 3. The second kappa shape index (κ2) is 8.56. The maximum atomic E-state index is 11.7. The van der Waals surface area contributed by atoms with E-state index in [2.05, 4.69) is 10.6 Å². The van der Waals surface area contributed by atoms with Crippen molar-refractivity contribution in [2.75, 3.05) is 6.61 Å². The van der Waals surface area contributed by atoms with E-state index in [0.29, 0.717) is 24.6 Å². The molecule has 1 fully saturated rings. The number of aromatic nitrogens is 1. The molecule has 0 saturated heterocycles. The highest BCUT2D eigenvalue weighted by Gasteiger charge is 2.29. The monoisotopic (exact) mass is 453 g/mol. The predicted octanol–water partition coefficient (Wildman–Crippen LogP) is 7.24. The Morgan fingerprint density at radius 3 is 2.56 bits per heavy atom. The Labute approximate surface area is 198 Å². The van der Waals surface area contributed by atoms with Crippen LogP contribution >= 0.6 is 0 Å². The lowest BCUT2D eigenvalue weighted by atomic mass is 9.81. The average Bonchev–Trinajstić information content (AvgIpc) is 3.07. The fourth-order valence-electron chi connectivity index (χ4n) is 5.59. The van der Waals surface area contributed by atoms with Crippen LogP contribution in [0.3, 0.4) is 0 Å². The summed E-state index contributed by atoms with van der Waals surface area (Å²) < 4.78 is 14.6. The number of carbonyl (C=O) groups is 1. The van der Waals surface area contributed by atoms with Gasteiger partial charge in [-0.3, -0.25) is 0 Å². The van der Waals surface area contributed by atoms with E-state index in [1.807, 2.05) is 54.6 Å². The molecule has 0 amide bonds. The first-order valence-electron chi connectivity index (χ1n) is 12.1. The SMILES string of the molecule is O=C(O)c1ccc2c(C3CCCCC3)c3n(c2c1)CCOc1cc(Oc2ccccc2)ccc1-3. The molecular weight excluding hydrogens is 426 g/mol. The Hall–Kier alpha value is -3.73. The minimum atomic E-state index is -0.898. The summed E-state index contributed by atoms with van der Waals surface area (Å²) in [5.74, 6) is 1.90. The molecule has 0 atom stereocenters. The van der Waals surface area contributed by atoms with Gasteiger partial charge in [0.05, 0.1) is 17.8 Å². The van der Waals surface area contributed by atoms with Crippen LogP contribution in [0, 0.1) is 0 Å². The Morgan fingerprint density at radius 2 is 1.76 bits per heavy atom. The lowest BCUT2D eigenvalue weighted by Crippen LogP contribution is -2.07. The van der Waals surface area contributed by atoms with Crippen molar-refractivity contribution in [1.82, 2.24) is 4.57 Å². The zero-order valence-corrected chi connectivity index (χ0v) is 19.0. The molecule has 0 radical (unpaired) electrons. The first kappa shape index (κ1) is 20.8. The van der Waals surface area contributed by atoms with Gasteiger partial charge in [0.25, 0.3) is 0 Å². The molecule has 34 heavy (non-hydrogen) atoms. The molecule has 0 spiro atoms. The van der Waals surface area contributed by atoms with Gasteiger partial charge >= 0.3 is 5.97 Å². The first-order valence-corrected chi connectivity index (χ1v) is 12.1. The van der Waals surface area contributed by atoms with E-state index in [-0.39, 0.29) is 0 Å². The maximum absolute atomic E-state index is 11.7. The number of rotatable bonds is 4. The molecule has 1 aliphatic heterocycles. The van der Waals surface area contributed by atoms with Gasteiger partial charge in [-0.2, -0.15) is 0 Å². The molecule has 3 aromatic carbocycles. The van der Waals surface area contributed by atoms with E-state index in [9.17, 15) is 9.90 Å². The molecule has 1 aromatic heterocycles. The van der Waals surface area contributed by atoms with Crippen molar-refractivity contribution < 1.29 is 19.4 Å². The quantitative estimate of drug-likeness (QED) is 0.354. The van der Waals surface area contributed by atoms with Crippen LogP contribution in [0.5, 0.6) is 17.2 Å². The largest absolute Gasteiger partial charge is 0.491 e. The molecule has 5 heteroatoms. The van der Waals surface area contributed by atoms with Crippen molar-refractivity contribution >= 4 is 16.9 Å². The van der Waals surface area contributed by atoms with Gasteiger partial charge in [0, 0.05) is 22.5 Å². The van der Waals surface area contributed by atoms with E-state index in [0.717, 1.165) is 41.2 Å². The summed E-state index contributed by atoms with van der Waals surface area (Å²) in [4.78, 5) is 11.7. The van der Waals surface area contributed by atoms with Gasteiger partial charge in [0.15, 0.2) is 0 Å². The van der Waals surface area contributed by atoms with Gasteiger partial charge in [-0.25, -0.2) is 4.79 Å². The fourth-order valence-corrected chi connectivity index (χ4v) is 5.59. The minimum absolute atomic E-state index is 0.319. The summed E-state index contributed by atoms with van der Waals surface area (Å²) in [7, 11) is 0. The maximum Gasteiger partial charge on any atom is 0.335 e.